The number of ether oxygens (including phenoxy) is 2. The average molecular weight is 341 g/mol. The molecule has 0 saturated carbocycles. The summed E-state index contributed by atoms with van der Waals surface area (Å²) >= 11 is 0. The van der Waals surface area contributed by atoms with Gasteiger partial charge in [-0.2, -0.15) is 0 Å². The van der Waals surface area contributed by atoms with Gasteiger partial charge in [0.25, 0.3) is 0 Å². The van der Waals surface area contributed by atoms with Gasteiger partial charge in [-0.15, -0.1) is 0 Å². The van der Waals surface area contributed by atoms with Gasteiger partial charge in [-0.1, -0.05) is 60.7 Å². The predicted molar refractivity (Wildman–Crippen MR) is 90.5 cm³/mol. The fraction of sp³-hybridized carbons (Fsp3) is 0.211. The van der Waals surface area contributed by atoms with E-state index in [1.54, 1.807) is 24.3 Å². The molecule has 0 saturated heterocycles. The maximum Gasteiger partial charge on any atom is 0.408 e. The minimum absolute atomic E-state index is 0.0181. The molecule has 0 aliphatic carbocycles. The van der Waals surface area contributed by atoms with Crippen molar-refractivity contribution in [3.05, 3.63) is 71.8 Å². The van der Waals surface area contributed by atoms with Crippen LogP contribution in [-0.2, 0) is 32.3 Å². The summed E-state index contributed by atoms with van der Waals surface area (Å²) in [7, 11) is 0. The van der Waals surface area contributed by atoms with Crippen LogP contribution in [0.4, 0.5) is 4.79 Å². The van der Waals surface area contributed by atoms with Gasteiger partial charge in [-0.3, -0.25) is 4.79 Å². The first-order chi connectivity index (χ1) is 12.1. The van der Waals surface area contributed by atoms with Crippen LogP contribution in [0.15, 0.2) is 60.7 Å². The Kier molecular flexibility index (Phi) is 6.71. The average Bonchev–Trinajstić information content (AvgIpc) is 2.64. The number of carbonyl (C=O) groups excluding carboxylic acids is 3. The lowest BCUT2D eigenvalue weighted by Crippen LogP contribution is -2.46. The normalized spacial score (nSPS) is 11.2. The third-order valence-electron chi connectivity index (χ3n) is 3.34. The third kappa shape index (κ3) is 6.10. The molecule has 25 heavy (non-hydrogen) atoms. The molecule has 1 atom stereocenters. The van der Waals surface area contributed by atoms with E-state index in [0.29, 0.717) is 0 Å². The molecule has 0 bridgehead atoms. The predicted octanol–water partition coefficient (Wildman–Crippen LogP) is 2.61. The Morgan fingerprint density at radius 2 is 1.32 bits per heavy atom. The molecule has 0 spiro atoms. The van der Waals surface area contributed by atoms with Gasteiger partial charge >= 0.3 is 12.1 Å². The molecule has 0 radical (unpaired) electrons. The van der Waals surface area contributed by atoms with Crippen LogP contribution in [-0.4, -0.2) is 23.9 Å². The van der Waals surface area contributed by atoms with Crippen LogP contribution in [0.3, 0.4) is 0 Å². The van der Waals surface area contributed by atoms with Crippen molar-refractivity contribution in [2.45, 2.75) is 26.2 Å². The van der Waals surface area contributed by atoms with Gasteiger partial charge in [-0.05, 0) is 18.1 Å². The number of rotatable bonds is 7. The third-order valence-corrected chi connectivity index (χ3v) is 3.34. The fourth-order valence-electron chi connectivity index (χ4n) is 2.02. The summed E-state index contributed by atoms with van der Waals surface area (Å²) in [6, 6.07) is 16.7. The lowest BCUT2D eigenvalue weighted by Gasteiger charge is -2.15. The maximum absolute atomic E-state index is 12.1. The topological polar surface area (TPSA) is 81.7 Å². The molecule has 0 aromatic heterocycles. The highest BCUT2D eigenvalue weighted by atomic mass is 16.6. The number of alkyl carbamates (subject to hydrolysis) is 1. The zero-order valence-corrected chi connectivity index (χ0v) is 13.8. The standard InChI is InChI=1S/C19H19NO5/c1-14(21)17(18(22)24-12-15-8-4-2-5-9-15)20-19(23)25-13-16-10-6-3-7-11-16/h2-11,17H,12-13H2,1H3,(H,20,23)/t17-/m0/s1. The molecule has 130 valence electrons. The summed E-state index contributed by atoms with van der Waals surface area (Å²) in [4.78, 5) is 35.5. The Hall–Kier alpha value is -3.15. The van der Waals surface area contributed by atoms with Crippen molar-refractivity contribution in [1.82, 2.24) is 5.32 Å². The maximum atomic E-state index is 12.1. The van der Waals surface area contributed by atoms with E-state index >= 15 is 0 Å². The molecule has 2 aromatic carbocycles. The Morgan fingerprint density at radius 3 is 1.80 bits per heavy atom. The summed E-state index contributed by atoms with van der Waals surface area (Å²) in [6.07, 6.45) is -0.860. The van der Waals surface area contributed by atoms with Crippen molar-refractivity contribution < 1.29 is 23.9 Å². The molecule has 0 unspecified atom stereocenters. The summed E-state index contributed by atoms with van der Waals surface area (Å²) in [6.45, 7) is 1.26. The van der Waals surface area contributed by atoms with E-state index in [0.717, 1.165) is 11.1 Å². The second kappa shape index (κ2) is 9.22. The first-order valence-electron chi connectivity index (χ1n) is 7.74. The second-order valence-electron chi connectivity index (χ2n) is 5.34. The SMILES string of the molecule is CC(=O)[C@H](NC(=O)OCc1ccccc1)C(=O)OCc1ccccc1. The highest BCUT2D eigenvalue weighted by Crippen LogP contribution is 2.04. The molecular weight excluding hydrogens is 322 g/mol. The Bertz CT molecular complexity index is 715. The molecule has 1 amide bonds. The number of Topliss-reactive ketones (excluding diaryl/α,β-unsaturated/α-hetero) is 1. The van der Waals surface area contributed by atoms with Crippen LogP contribution in [0.1, 0.15) is 18.1 Å². The smallest absolute Gasteiger partial charge is 0.408 e. The van der Waals surface area contributed by atoms with Crippen molar-refractivity contribution in [3.8, 4) is 0 Å². The summed E-state index contributed by atoms with van der Waals surface area (Å²) in [5.74, 6) is -1.36. The van der Waals surface area contributed by atoms with Gasteiger partial charge in [0.2, 0.25) is 0 Å². The van der Waals surface area contributed by atoms with E-state index in [9.17, 15) is 14.4 Å². The van der Waals surface area contributed by atoms with Crippen molar-refractivity contribution in [2.75, 3.05) is 0 Å². The van der Waals surface area contributed by atoms with E-state index < -0.39 is 23.9 Å². The van der Waals surface area contributed by atoms with Crippen LogP contribution in [0, 0.1) is 0 Å². The van der Waals surface area contributed by atoms with Crippen molar-refractivity contribution in [3.63, 3.8) is 0 Å². The van der Waals surface area contributed by atoms with E-state index in [2.05, 4.69) is 5.32 Å². The molecular formula is C19H19NO5. The molecule has 6 heteroatoms. The van der Waals surface area contributed by atoms with E-state index in [1.165, 1.54) is 6.92 Å². The fourth-order valence-corrected chi connectivity index (χ4v) is 2.02. The summed E-state index contributed by atoms with van der Waals surface area (Å²) in [5, 5.41) is 2.24. The van der Waals surface area contributed by atoms with Crippen LogP contribution in [0.2, 0.25) is 0 Å². The largest absolute Gasteiger partial charge is 0.459 e. The molecule has 2 aromatic rings. The first-order valence-corrected chi connectivity index (χ1v) is 7.74. The number of hydrogen-bond acceptors (Lipinski definition) is 5. The number of ketones is 1. The number of esters is 1. The second-order valence-corrected chi connectivity index (χ2v) is 5.34. The molecule has 0 heterocycles. The van der Waals surface area contributed by atoms with Crippen molar-refractivity contribution in [1.29, 1.82) is 0 Å². The number of benzene rings is 2. The van der Waals surface area contributed by atoms with Gasteiger partial charge in [-0.25, -0.2) is 9.59 Å². The summed E-state index contributed by atoms with van der Waals surface area (Å²) < 4.78 is 10.1. The van der Waals surface area contributed by atoms with Crippen LogP contribution in [0.25, 0.3) is 0 Å². The minimum atomic E-state index is -1.40. The molecule has 0 aliphatic rings. The highest BCUT2D eigenvalue weighted by molar-refractivity contribution is 6.04. The van der Waals surface area contributed by atoms with Gasteiger partial charge in [0, 0.05) is 0 Å². The lowest BCUT2D eigenvalue weighted by atomic mass is 10.2. The zero-order chi connectivity index (χ0) is 18.1. The number of nitrogens with one attached hydrogen (secondary N) is 1. The van der Waals surface area contributed by atoms with Crippen LogP contribution in [0.5, 0.6) is 0 Å². The zero-order valence-electron chi connectivity index (χ0n) is 13.8. The quantitative estimate of drug-likeness (QED) is 0.618. The molecule has 0 fully saturated rings. The number of amides is 1. The minimum Gasteiger partial charge on any atom is -0.459 e. The Balaban J connectivity index is 1.85. The van der Waals surface area contributed by atoms with Gasteiger partial charge in [0.05, 0.1) is 0 Å². The van der Waals surface area contributed by atoms with Gasteiger partial charge in [0.1, 0.15) is 13.2 Å². The van der Waals surface area contributed by atoms with Crippen LogP contribution >= 0.6 is 0 Å². The molecule has 6 nitrogen and oxygen atoms in total. The molecule has 1 N–H and O–H groups in total. The summed E-state index contributed by atoms with van der Waals surface area (Å²) in [5.41, 5.74) is 1.58. The first kappa shape index (κ1) is 18.2. The Morgan fingerprint density at radius 1 is 0.840 bits per heavy atom. The van der Waals surface area contributed by atoms with Crippen molar-refractivity contribution >= 4 is 17.8 Å². The monoisotopic (exact) mass is 341 g/mol. The van der Waals surface area contributed by atoms with Crippen LogP contribution < -0.4 is 5.32 Å². The van der Waals surface area contributed by atoms with Gasteiger partial charge < -0.3 is 14.8 Å². The van der Waals surface area contributed by atoms with E-state index in [4.69, 9.17) is 9.47 Å². The van der Waals surface area contributed by atoms with E-state index in [1.807, 2.05) is 36.4 Å². The number of hydrogen-bond donors (Lipinski definition) is 1. The highest BCUT2D eigenvalue weighted by Gasteiger charge is 2.27. The Labute approximate surface area is 145 Å². The van der Waals surface area contributed by atoms with Gasteiger partial charge in [0.15, 0.2) is 11.8 Å². The lowest BCUT2D eigenvalue weighted by molar-refractivity contribution is -0.149. The van der Waals surface area contributed by atoms with E-state index in [-0.39, 0.29) is 13.2 Å². The van der Waals surface area contributed by atoms with Crippen molar-refractivity contribution in [2.24, 2.45) is 0 Å². The number of carbonyl (C=O) groups is 3. The molecule has 0 aliphatic heterocycles. The molecule has 2 rings (SSSR count).